The highest BCUT2D eigenvalue weighted by Gasteiger charge is 2.03. The molecule has 16 heavy (non-hydrogen) atoms. The molecule has 0 unspecified atom stereocenters. The van der Waals surface area contributed by atoms with E-state index in [1.54, 1.807) is 22.7 Å². The van der Waals surface area contributed by atoms with E-state index in [0.717, 1.165) is 28.8 Å². The number of thiazole rings is 1. The molecule has 0 radical (unpaired) electrons. The quantitative estimate of drug-likeness (QED) is 0.861. The van der Waals surface area contributed by atoms with Gasteiger partial charge in [0.15, 0.2) is 0 Å². The van der Waals surface area contributed by atoms with Gasteiger partial charge in [0.2, 0.25) is 5.13 Å². The largest absolute Gasteiger partial charge is 0.354 e. The lowest BCUT2D eigenvalue weighted by Crippen LogP contribution is -1.98. The number of unbranched alkanes of at least 4 members (excludes halogenated alkanes) is 1. The molecule has 0 aliphatic carbocycles. The van der Waals surface area contributed by atoms with Gasteiger partial charge in [-0.05, 0) is 6.42 Å². The molecule has 4 nitrogen and oxygen atoms in total. The van der Waals surface area contributed by atoms with E-state index in [4.69, 9.17) is 0 Å². The molecule has 2 rings (SSSR count). The van der Waals surface area contributed by atoms with Crippen molar-refractivity contribution >= 4 is 27.8 Å². The van der Waals surface area contributed by atoms with E-state index in [2.05, 4.69) is 27.4 Å². The third-order valence-electron chi connectivity index (χ3n) is 2.12. The Hall–Kier alpha value is -1.01. The summed E-state index contributed by atoms with van der Waals surface area (Å²) >= 11 is 3.24. The van der Waals surface area contributed by atoms with Crippen molar-refractivity contribution in [3.63, 3.8) is 0 Å². The zero-order valence-corrected chi connectivity index (χ0v) is 10.8. The molecule has 1 N–H and O–H groups in total. The first-order chi connectivity index (χ1) is 7.88. The number of aromatic nitrogens is 3. The molecule has 2 aromatic rings. The van der Waals surface area contributed by atoms with Gasteiger partial charge in [-0.1, -0.05) is 24.7 Å². The van der Waals surface area contributed by atoms with E-state index in [1.807, 2.05) is 10.9 Å². The molecule has 0 fully saturated rings. The van der Waals surface area contributed by atoms with Crippen molar-refractivity contribution in [2.75, 3.05) is 5.32 Å². The zero-order chi connectivity index (χ0) is 11.2. The molecule has 6 heteroatoms. The van der Waals surface area contributed by atoms with Gasteiger partial charge in [-0.25, -0.2) is 4.98 Å². The Morgan fingerprint density at radius 1 is 1.38 bits per heavy atom. The van der Waals surface area contributed by atoms with Crippen LogP contribution in [0.2, 0.25) is 0 Å². The first-order valence-corrected chi connectivity index (χ1v) is 7.07. The summed E-state index contributed by atoms with van der Waals surface area (Å²) in [7, 11) is 0. The summed E-state index contributed by atoms with van der Waals surface area (Å²) < 4.78 is 0. The van der Waals surface area contributed by atoms with Crippen LogP contribution in [0.1, 0.15) is 30.5 Å². The van der Waals surface area contributed by atoms with Crippen LogP contribution >= 0.6 is 22.7 Å². The number of hydrogen-bond donors (Lipinski definition) is 1. The molecule has 86 valence electrons. The molecule has 0 bridgehead atoms. The van der Waals surface area contributed by atoms with Crippen molar-refractivity contribution in [1.82, 2.24) is 15.2 Å². The molecule has 2 aromatic heterocycles. The average molecular weight is 254 g/mol. The fraction of sp³-hybridized carbons (Fsp3) is 0.500. The predicted molar refractivity (Wildman–Crippen MR) is 68.0 cm³/mol. The lowest BCUT2D eigenvalue weighted by molar-refractivity contribution is 0.779. The van der Waals surface area contributed by atoms with Crippen LogP contribution in [0.15, 0.2) is 10.9 Å². The monoisotopic (exact) mass is 254 g/mol. The van der Waals surface area contributed by atoms with Gasteiger partial charge in [-0.3, -0.25) is 0 Å². The number of nitrogens with one attached hydrogen (secondary N) is 1. The summed E-state index contributed by atoms with van der Waals surface area (Å²) in [6, 6.07) is 0. The zero-order valence-electron chi connectivity index (χ0n) is 9.14. The minimum atomic E-state index is 0.728. The Morgan fingerprint density at radius 2 is 2.31 bits per heavy atom. The topological polar surface area (TPSA) is 50.7 Å². The van der Waals surface area contributed by atoms with Crippen molar-refractivity contribution in [3.8, 4) is 0 Å². The minimum Gasteiger partial charge on any atom is -0.354 e. The average Bonchev–Trinajstić information content (AvgIpc) is 2.95. The summed E-state index contributed by atoms with van der Waals surface area (Å²) in [6.07, 6.45) is 3.41. The minimum absolute atomic E-state index is 0.728. The SMILES string of the molecule is CCCCc1nnc(NCc2cscn2)s1. The molecular weight excluding hydrogens is 240 g/mol. The van der Waals surface area contributed by atoms with Gasteiger partial charge in [0.05, 0.1) is 17.7 Å². The van der Waals surface area contributed by atoms with Gasteiger partial charge >= 0.3 is 0 Å². The smallest absolute Gasteiger partial charge is 0.205 e. The van der Waals surface area contributed by atoms with Crippen LogP contribution in [0.5, 0.6) is 0 Å². The van der Waals surface area contributed by atoms with E-state index < -0.39 is 0 Å². The third-order valence-corrected chi connectivity index (χ3v) is 3.69. The molecule has 2 heterocycles. The Labute approximate surface area is 103 Å². The lowest BCUT2D eigenvalue weighted by Gasteiger charge is -1.96. The highest BCUT2D eigenvalue weighted by Crippen LogP contribution is 2.17. The van der Waals surface area contributed by atoms with E-state index in [1.165, 1.54) is 12.8 Å². The van der Waals surface area contributed by atoms with Crippen LogP contribution in [0.3, 0.4) is 0 Å². The van der Waals surface area contributed by atoms with E-state index in [0.29, 0.717) is 0 Å². The van der Waals surface area contributed by atoms with Crippen LogP contribution in [-0.2, 0) is 13.0 Å². The highest BCUT2D eigenvalue weighted by atomic mass is 32.1. The van der Waals surface area contributed by atoms with Gasteiger partial charge in [-0.15, -0.1) is 21.5 Å². The van der Waals surface area contributed by atoms with Gasteiger partial charge in [0.25, 0.3) is 0 Å². The number of nitrogens with zero attached hydrogens (tertiary/aromatic N) is 3. The predicted octanol–water partition coefficient (Wildman–Crippen LogP) is 2.95. The van der Waals surface area contributed by atoms with E-state index >= 15 is 0 Å². The molecule has 0 saturated heterocycles. The molecule has 0 aromatic carbocycles. The summed E-state index contributed by atoms with van der Waals surface area (Å²) in [6.45, 7) is 2.91. The van der Waals surface area contributed by atoms with Crippen LogP contribution in [0.4, 0.5) is 5.13 Å². The number of hydrogen-bond acceptors (Lipinski definition) is 6. The Bertz CT molecular complexity index is 410. The molecule has 0 amide bonds. The van der Waals surface area contributed by atoms with Crippen molar-refractivity contribution in [1.29, 1.82) is 0 Å². The second-order valence-electron chi connectivity index (χ2n) is 3.44. The summed E-state index contributed by atoms with van der Waals surface area (Å²) in [5.74, 6) is 0. The molecule has 0 atom stereocenters. The van der Waals surface area contributed by atoms with Crippen LogP contribution in [0, 0.1) is 0 Å². The van der Waals surface area contributed by atoms with E-state index in [-0.39, 0.29) is 0 Å². The van der Waals surface area contributed by atoms with Crippen LogP contribution < -0.4 is 5.32 Å². The maximum atomic E-state index is 4.20. The first kappa shape index (κ1) is 11.5. The Morgan fingerprint density at radius 3 is 3.06 bits per heavy atom. The summed E-state index contributed by atoms with van der Waals surface area (Å²) in [5, 5.41) is 15.5. The lowest BCUT2D eigenvalue weighted by atomic mass is 10.3. The van der Waals surface area contributed by atoms with Gasteiger partial charge in [-0.2, -0.15) is 0 Å². The number of aryl methyl sites for hydroxylation is 1. The molecule has 0 aliphatic heterocycles. The van der Waals surface area contributed by atoms with Crippen molar-refractivity contribution < 1.29 is 0 Å². The second kappa shape index (κ2) is 5.91. The fourth-order valence-electron chi connectivity index (χ4n) is 1.25. The van der Waals surface area contributed by atoms with Gasteiger partial charge in [0, 0.05) is 11.8 Å². The second-order valence-corrected chi connectivity index (χ2v) is 5.22. The molecule has 0 aliphatic rings. The molecule has 0 spiro atoms. The summed E-state index contributed by atoms with van der Waals surface area (Å²) in [4.78, 5) is 4.20. The molecular formula is C10H14N4S2. The van der Waals surface area contributed by atoms with Crippen molar-refractivity contribution in [3.05, 3.63) is 21.6 Å². The maximum absolute atomic E-state index is 4.20. The fourth-order valence-corrected chi connectivity index (χ4v) is 2.58. The standard InChI is InChI=1S/C10H14N4S2/c1-2-3-4-9-13-14-10(16-9)11-5-8-6-15-7-12-8/h6-7H,2-5H2,1H3,(H,11,14). The molecule has 0 saturated carbocycles. The summed E-state index contributed by atoms with van der Waals surface area (Å²) in [5.41, 5.74) is 2.89. The third kappa shape index (κ3) is 3.24. The van der Waals surface area contributed by atoms with Gasteiger partial charge < -0.3 is 5.32 Å². The highest BCUT2D eigenvalue weighted by molar-refractivity contribution is 7.15. The number of rotatable bonds is 6. The maximum Gasteiger partial charge on any atom is 0.205 e. The van der Waals surface area contributed by atoms with Crippen LogP contribution in [0.25, 0.3) is 0 Å². The Balaban J connectivity index is 1.83. The van der Waals surface area contributed by atoms with Crippen molar-refractivity contribution in [2.24, 2.45) is 0 Å². The van der Waals surface area contributed by atoms with Gasteiger partial charge in [0.1, 0.15) is 5.01 Å². The van der Waals surface area contributed by atoms with Crippen molar-refractivity contribution in [2.45, 2.75) is 32.7 Å². The normalized spacial score (nSPS) is 10.6. The number of anilines is 1. The Kier molecular flexibility index (Phi) is 4.24. The van der Waals surface area contributed by atoms with Crippen LogP contribution in [-0.4, -0.2) is 15.2 Å². The first-order valence-electron chi connectivity index (χ1n) is 5.32. The van der Waals surface area contributed by atoms with E-state index in [9.17, 15) is 0 Å².